The maximum atomic E-state index is 3.77. The molecule has 8 rings (SSSR count). The van der Waals surface area contributed by atoms with Crippen molar-refractivity contribution in [1.82, 2.24) is 4.57 Å². The average molecular weight is 399 g/mol. The number of nitrogens with one attached hydrogen (secondary N) is 1. The molecule has 1 aromatic heterocycles. The zero-order valence-electron chi connectivity index (χ0n) is 17.4. The summed E-state index contributed by atoms with van der Waals surface area (Å²) in [5.74, 6) is 1.36. The molecular weight excluding hydrogens is 376 g/mol. The molecule has 0 radical (unpaired) electrons. The lowest BCUT2D eigenvalue weighted by Gasteiger charge is -2.38. The predicted octanol–water partition coefficient (Wildman–Crippen LogP) is 6.92. The summed E-state index contributed by atoms with van der Waals surface area (Å²) in [7, 11) is 0. The number of hydrogen-bond donors (Lipinski definition) is 1. The third kappa shape index (κ3) is 1.82. The Bertz CT molecular complexity index is 1500. The summed E-state index contributed by atoms with van der Waals surface area (Å²) in [6.45, 7) is 2.42. The van der Waals surface area contributed by atoms with E-state index in [-0.39, 0.29) is 0 Å². The molecule has 31 heavy (non-hydrogen) atoms. The second kappa shape index (κ2) is 5.39. The number of anilines is 1. The second-order valence-corrected chi connectivity index (χ2v) is 9.47. The fourth-order valence-electron chi connectivity index (χ4n) is 6.87. The summed E-state index contributed by atoms with van der Waals surface area (Å²) in [6, 6.07) is 24.6. The van der Waals surface area contributed by atoms with Gasteiger partial charge in [0.2, 0.25) is 0 Å². The first kappa shape index (κ1) is 16.2. The van der Waals surface area contributed by atoms with Crippen LogP contribution < -0.4 is 5.32 Å². The average Bonchev–Trinajstić information content (AvgIpc) is 3.30. The van der Waals surface area contributed by atoms with Crippen molar-refractivity contribution in [2.45, 2.75) is 25.2 Å². The van der Waals surface area contributed by atoms with Gasteiger partial charge >= 0.3 is 0 Å². The summed E-state index contributed by atoms with van der Waals surface area (Å²) in [4.78, 5) is 0. The zero-order chi connectivity index (χ0) is 20.3. The van der Waals surface area contributed by atoms with E-state index >= 15 is 0 Å². The van der Waals surface area contributed by atoms with Gasteiger partial charge in [0.05, 0.1) is 5.52 Å². The van der Waals surface area contributed by atoms with Crippen molar-refractivity contribution in [2.75, 3.05) is 5.32 Å². The van der Waals surface area contributed by atoms with Crippen LogP contribution in [0.4, 0.5) is 5.69 Å². The van der Waals surface area contributed by atoms with Crippen molar-refractivity contribution in [1.29, 1.82) is 0 Å². The van der Waals surface area contributed by atoms with Crippen LogP contribution in [0.2, 0.25) is 0 Å². The number of aromatic nitrogens is 1. The van der Waals surface area contributed by atoms with Crippen LogP contribution in [0.5, 0.6) is 0 Å². The molecular formula is C29H22N2. The zero-order valence-corrected chi connectivity index (χ0v) is 17.4. The van der Waals surface area contributed by atoms with Crippen LogP contribution in [-0.4, -0.2) is 4.57 Å². The first-order chi connectivity index (χ1) is 15.3. The van der Waals surface area contributed by atoms with Gasteiger partial charge in [-0.25, -0.2) is 0 Å². The summed E-state index contributed by atoms with van der Waals surface area (Å²) < 4.78 is 2.55. The highest BCUT2D eigenvalue weighted by Gasteiger charge is 2.47. The quantitative estimate of drug-likeness (QED) is 0.368. The molecule has 0 bridgehead atoms. The van der Waals surface area contributed by atoms with E-state index in [0.29, 0.717) is 17.8 Å². The maximum absolute atomic E-state index is 3.77. The van der Waals surface area contributed by atoms with Crippen molar-refractivity contribution in [3.63, 3.8) is 0 Å². The molecule has 3 aromatic carbocycles. The van der Waals surface area contributed by atoms with Crippen molar-refractivity contribution in [3.8, 4) is 16.8 Å². The molecule has 0 saturated carbocycles. The van der Waals surface area contributed by atoms with Gasteiger partial charge < -0.3 is 9.88 Å². The number of hydrogen-bond acceptors (Lipinski definition) is 1. The Hall–Kier alpha value is -3.52. The van der Waals surface area contributed by atoms with Crippen molar-refractivity contribution >= 4 is 16.6 Å². The molecule has 0 spiro atoms. The van der Waals surface area contributed by atoms with Crippen LogP contribution in [0.25, 0.3) is 27.7 Å². The van der Waals surface area contributed by atoms with Gasteiger partial charge in [0, 0.05) is 40.0 Å². The van der Waals surface area contributed by atoms with E-state index in [9.17, 15) is 0 Å². The van der Waals surface area contributed by atoms with Gasteiger partial charge in [0.25, 0.3) is 0 Å². The van der Waals surface area contributed by atoms with Crippen LogP contribution in [0.1, 0.15) is 35.6 Å². The number of benzene rings is 3. The minimum Gasteiger partial charge on any atom is -0.358 e. The third-order valence-corrected chi connectivity index (χ3v) is 8.00. The highest BCUT2D eigenvalue weighted by atomic mass is 15.0. The SMILES string of the molecule is CC1Cc2c3c4c(cccc4n2-c2ccccc2)-c2cccc4c2C2C(=CC=C1C32)N4. The molecule has 3 unspecified atom stereocenters. The van der Waals surface area contributed by atoms with Gasteiger partial charge in [-0.3, -0.25) is 0 Å². The minimum absolute atomic E-state index is 0.398. The first-order valence-corrected chi connectivity index (χ1v) is 11.3. The monoisotopic (exact) mass is 398 g/mol. The maximum Gasteiger partial charge on any atom is 0.0540 e. The molecule has 0 fully saturated rings. The Morgan fingerprint density at radius 3 is 2.55 bits per heavy atom. The standard InChI is InChI=1S/C29H22N2/c1-16-15-24-29-26-20(10-6-12-23(26)31(24)17-7-3-2-4-8-17)19-9-5-11-21-25(19)28-22(30-21)14-13-18(16)27(28)29/h2-14,16,27-28,30H,15H2,1H3. The van der Waals surface area contributed by atoms with E-state index in [2.05, 4.69) is 95.7 Å². The molecule has 4 aromatic rings. The largest absolute Gasteiger partial charge is 0.358 e. The number of para-hydroxylation sites is 1. The van der Waals surface area contributed by atoms with E-state index in [1.807, 2.05) is 0 Å². The van der Waals surface area contributed by atoms with E-state index in [1.54, 1.807) is 11.1 Å². The Morgan fingerprint density at radius 2 is 1.65 bits per heavy atom. The van der Waals surface area contributed by atoms with Crippen molar-refractivity contribution in [2.24, 2.45) is 5.92 Å². The Labute approximate surface area is 181 Å². The van der Waals surface area contributed by atoms with Crippen LogP contribution in [0.3, 0.4) is 0 Å². The van der Waals surface area contributed by atoms with E-state index in [4.69, 9.17) is 0 Å². The molecule has 3 atom stereocenters. The predicted molar refractivity (Wildman–Crippen MR) is 127 cm³/mol. The molecule has 1 aliphatic heterocycles. The topological polar surface area (TPSA) is 17.0 Å². The Balaban J connectivity index is 1.61. The normalized spacial score (nSPS) is 23.8. The van der Waals surface area contributed by atoms with Crippen molar-refractivity contribution < 1.29 is 0 Å². The molecule has 3 aliphatic carbocycles. The number of fused-ring (bicyclic) bond motifs is 1. The van der Waals surface area contributed by atoms with Gasteiger partial charge in [-0.15, -0.1) is 0 Å². The minimum atomic E-state index is 0.398. The van der Waals surface area contributed by atoms with Crippen LogP contribution >= 0.6 is 0 Å². The highest BCUT2D eigenvalue weighted by molar-refractivity contribution is 6.04. The molecule has 4 aliphatic rings. The molecule has 2 heteroatoms. The van der Waals surface area contributed by atoms with Crippen LogP contribution in [-0.2, 0) is 6.42 Å². The number of rotatable bonds is 1. The fourth-order valence-corrected chi connectivity index (χ4v) is 6.87. The van der Waals surface area contributed by atoms with Gasteiger partial charge in [-0.2, -0.15) is 0 Å². The van der Waals surface area contributed by atoms with Gasteiger partial charge in [0.15, 0.2) is 0 Å². The lowest BCUT2D eigenvalue weighted by atomic mass is 9.66. The summed E-state index contributed by atoms with van der Waals surface area (Å²) in [6.07, 6.45) is 5.86. The molecule has 2 heterocycles. The van der Waals surface area contributed by atoms with Gasteiger partial charge in [-0.05, 0) is 64.9 Å². The van der Waals surface area contributed by atoms with Gasteiger partial charge in [0.1, 0.15) is 0 Å². The van der Waals surface area contributed by atoms with Crippen LogP contribution in [0, 0.1) is 5.92 Å². The molecule has 2 nitrogen and oxygen atoms in total. The lowest BCUT2D eigenvalue weighted by molar-refractivity contribution is 0.519. The Morgan fingerprint density at radius 1 is 0.806 bits per heavy atom. The Kier molecular flexibility index (Phi) is 2.82. The summed E-state index contributed by atoms with van der Waals surface area (Å²) in [5, 5.41) is 5.23. The molecule has 0 saturated heterocycles. The highest BCUT2D eigenvalue weighted by Crippen LogP contribution is 2.62. The van der Waals surface area contributed by atoms with E-state index in [0.717, 1.165) is 6.42 Å². The number of nitrogens with zero attached hydrogens (tertiary/aromatic N) is 1. The lowest BCUT2D eigenvalue weighted by Crippen LogP contribution is -2.27. The smallest absolute Gasteiger partial charge is 0.0540 e. The van der Waals surface area contributed by atoms with E-state index in [1.165, 1.54) is 50.4 Å². The van der Waals surface area contributed by atoms with Crippen LogP contribution in [0.15, 0.2) is 90.2 Å². The second-order valence-electron chi connectivity index (χ2n) is 9.47. The third-order valence-electron chi connectivity index (χ3n) is 8.00. The summed E-state index contributed by atoms with van der Waals surface area (Å²) >= 11 is 0. The summed E-state index contributed by atoms with van der Waals surface area (Å²) in [5.41, 5.74) is 14.3. The fraction of sp³-hybridized carbons (Fsp3) is 0.172. The van der Waals surface area contributed by atoms with Gasteiger partial charge in [-0.1, -0.05) is 61.0 Å². The van der Waals surface area contributed by atoms with Crippen molar-refractivity contribution in [3.05, 3.63) is 107 Å². The first-order valence-electron chi connectivity index (χ1n) is 11.3. The molecule has 148 valence electrons. The molecule has 0 amide bonds. The van der Waals surface area contributed by atoms with E-state index < -0.39 is 0 Å². The number of allylic oxidation sites excluding steroid dienone is 4. The molecule has 1 N–H and O–H groups in total.